The van der Waals surface area contributed by atoms with Crippen molar-refractivity contribution in [1.82, 2.24) is 0 Å². The highest BCUT2D eigenvalue weighted by atomic mass is 19.1. The number of fused-ring (bicyclic) bond motifs is 1. The molecule has 0 bridgehead atoms. The van der Waals surface area contributed by atoms with Gasteiger partial charge in [0.05, 0.1) is 11.6 Å². The Labute approximate surface area is 94.6 Å². The Morgan fingerprint density at radius 3 is 2.88 bits per heavy atom. The molecule has 0 aliphatic rings. The lowest BCUT2D eigenvalue weighted by atomic mass is 10.0. The lowest BCUT2D eigenvalue weighted by Crippen LogP contribution is -2.32. The third-order valence-electron chi connectivity index (χ3n) is 2.48. The van der Waals surface area contributed by atoms with Gasteiger partial charge >= 0.3 is 5.97 Å². The summed E-state index contributed by atoms with van der Waals surface area (Å²) < 4.78 is 32.2. The summed E-state index contributed by atoms with van der Waals surface area (Å²) >= 11 is 0. The number of carboxylic acid groups (broad SMARTS) is 1. The quantitative estimate of drug-likeness (QED) is 0.856. The number of benzene rings is 1. The van der Waals surface area contributed by atoms with Gasteiger partial charge in [0.15, 0.2) is 0 Å². The number of furan rings is 1. The average Bonchev–Trinajstić information content (AvgIpc) is 2.71. The number of hydrogen-bond acceptors (Lipinski definition) is 3. The molecule has 0 saturated carbocycles. The predicted octanol–water partition coefficient (Wildman–Crippen LogP) is 1.67. The van der Waals surface area contributed by atoms with Gasteiger partial charge in [0.2, 0.25) is 0 Å². The van der Waals surface area contributed by atoms with Gasteiger partial charge in [0.1, 0.15) is 23.3 Å². The number of aliphatic carboxylic acids is 1. The number of hydrogen-bond donors (Lipinski definition) is 2. The second-order valence-electron chi connectivity index (χ2n) is 3.63. The van der Waals surface area contributed by atoms with Crippen LogP contribution >= 0.6 is 0 Å². The van der Waals surface area contributed by atoms with Crippen molar-refractivity contribution in [3.05, 3.63) is 35.6 Å². The minimum absolute atomic E-state index is 0.0765. The maximum absolute atomic E-state index is 13.8. The highest BCUT2D eigenvalue weighted by molar-refractivity contribution is 5.79. The molecule has 2 rings (SSSR count). The maximum Gasteiger partial charge on any atom is 0.320 e. The Morgan fingerprint density at radius 2 is 2.24 bits per heavy atom. The van der Waals surface area contributed by atoms with Gasteiger partial charge in [-0.25, -0.2) is 8.78 Å². The first-order valence-corrected chi connectivity index (χ1v) is 4.83. The first-order chi connectivity index (χ1) is 8.00. The molecule has 0 aliphatic heterocycles. The van der Waals surface area contributed by atoms with Crippen LogP contribution in [0.4, 0.5) is 8.78 Å². The third-order valence-corrected chi connectivity index (χ3v) is 2.48. The van der Waals surface area contributed by atoms with Crippen molar-refractivity contribution >= 4 is 16.9 Å². The number of rotatable bonds is 3. The second-order valence-corrected chi connectivity index (χ2v) is 3.63. The van der Waals surface area contributed by atoms with Crippen LogP contribution in [-0.2, 0) is 11.2 Å². The number of carboxylic acids is 1. The molecule has 1 heterocycles. The molecule has 1 aromatic carbocycles. The van der Waals surface area contributed by atoms with Crippen molar-refractivity contribution in [3.63, 3.8) is 0 Å². The molecule has 1 atom stereocenters. The molecule has 0 spiro atoms. The Bertz CT molecular complexity index is 579. The first-order valence-electron chi connectivity index (χ1n) is 4.83. The molecule has 0 saturated heterocycles. The second kappa shape index (κ2) is 4.14. The van der Waals surface area contributed by atoms with Crippen LogP contribution in [-0.4, -0.2) is 17.1 Å². The van der Waals surface area contributed by atoms with Crippen LogP contribution in [0.2, 0.25) is 0 Å². The van der Waals surface area contributed by atoms with Crippen LogP contribution in [0.5, 0.6) is 0 Å². The molecule has 1 aromatic heterocycles. The molecule has 6 heteroatoms. The third kappa shape index (κ3) is 1.99. The lowest BCUT2D eigenvalue weighted by Gasteiger charge is -2.09. The van der Waals surface area contributed by atoms with E-state index in [1.807, 2.05) is 0 Å². The molecule has 0 fully saturated rings. The molecule has 0 radical (unpaired) electrons. The first kappa shape index (κ1) is 11.5. The smallest absolute Gasteiger partial charge is 0.320 e. The van der Waals surface area contributed by atoms with Crippen molar-refractivity contribution in [1.29, 1.82) is 0 Å². The summed E-state index contributed by atoms with van der Waals surface area (Å²) in [5.74, 6) is -3.00. The Balaban J connectivity index is 2.49. The summed E-state index contributed by atoms with van der Waals surface area (Å²) in [6.07, 6.45) is 0.822. The van der Waals surface area contributed by atoms with Crippen LogP contribution < -0.4 is 5.73 Å². The average molecular weight is 241 g/mol. The standard InChI is InChI=1S/C11H9F2NO3/c12-7-4-9-5(1-2-17-9)10(13)6(7)3-8(14)11(15)16/h1-2,4,8H,3,14H2,(H,15,16). The molecule has 2 aromatic rings. The van der Waals surface area contributed by atoms with Crippen molar-refractivity contribution in [2.45, 2.75) is 12.5 Å². The SMILES string of the molecule is NC(Cc1c(F)cc2occc2c1F)C(=O)O. The van der Waals surface area contributed by atoms with E-state index in [9.17, 15) is 13.6 Å². The van der Waals surface area contributed by atoms with E-state index in [4.69, 9.17) is 15.3 Å². The molecule has 1 unspecified atom stereocenters. The van der Waals surface area contributed by atoms with Crippen LogP contribution in [0.3, 0.4) is 0 Å². The van der Waals surface area contributed by atoms with Crippen molar-refractivity contribution in [3.8, 4) is 0 Å². The van der Waals surface area contributed by atoms with Crippen molar-refractivity contribution in [2.24, 2.45) is 5.73 Å². The topological polar surface area (TPSA) is 76.5 Å². The van der Waals surface area contributed by atoms with Gasteiger partial charge in [0.25, 0.3) is 0 Å². The summed E-state index contributed by atoms with van der Waals surface area (Å²) in [5, 5.41) is 8.72. The van der Waals surface area contributed by atoms with Crippen molar-refractivity contribution in [2.75, 3.05) is 0 Å². The van der Waals surface area contributed by atoms with Crippen LogP contribution in [0.25, 0.3) is 11.0 Å². The lowest BCUT2D eigenvalue weighted by molar-refractivity contribution is -0.138. The molecule has 0 amide bonds. The van der Waals surface area contributed by atoms with Gasteiger partial charge in [-0.15, -0.1) is 0 Å². The van der Waals surface area contributed by atoms with E-state index in [0.717, 1.165) is 6.07 Å². The van der Waals surface area contributed by atoms with Crippen molar-refractivity contribution < 1.29 is 23.1 Å². The van der Waals surface area contributed by atoms with E-state index in [0.29, 0.717) is 0 Å². The van der Waals surface area contributed by atoms with E-state index >= 15 is 0 Å². The minimum atomic E-state index is -1.34. The highest BCUT2D eigenvalue weighted by Crippen LogP contribution is 2.25. The molecular formula is C11H9F2NO3. The van der Waals surface area contributed by atoms with Gasteiger partial charge in [-0.2, -0.15) is 0 Å². The molecule has 3 N–H and O–H groups in total. The van der Waals surface area contributed by atoms with E-state index in [1.165, 1.54) is 12.3 Å². The summed E-state index contributed by atoms with van der Waals surface area (Å²) in [4.78, 5) is 10.6. The normalized spacial score (nSPS) is 12.9. The summed E-state index contributed by atoms with van der Waals surface area (Å²) in [7, 11) is 0. The Kier molecular flexibility index (Phi) is 2.81. The zero-order chi connectivity index (χ0) is 12.6. The van der Waals surface area contributed by atoms with E-state index in [2.05, 4.69) is 0 Å². The number of halogens is 2. The van der Waals surface area contributed by atoms with Crippen LogP contribution in [0.15, 0.2) is 22.8 Å². The fraction of sp³-hybridized carbons (Fsp3) is 0.182. The predicted molar refractivity (Wildman–Crippen MR) is 55.4 cm³/mol. The van der Waals surface area contributed by atoms with Gasteiger partial charge < -0.3 is 15.3 Å². The molecule has 0 aliphatic carbocycles. The summed E-state index contributed by atoms with van der Waals surface area (Å²) in [6.45, 7) is 0. The van der Waals surface area contributed by atoms with E-state index < -0.39 is 30.1 Å². The Hall–Kier alpha value is -1.95. The molecule has 17 heavy (non-hydrogen) atoms. The molecular weight excluding hydrogens is 232 g/mol. The maximum atomic E-state index is 13.8. The highest BCUT2D eigenvalue weighted by Gasteiger charge is 2.20. The van der Waals surface area contributed by atoms with E-state index in [-0.39, 0.29) is 16.5 Å². The molecule has 90 valence electrons. The fourth-order valence-corrected chi connectivity index (χ4v) is 1.58. The van der Waals surface area contributed by atoms with Gasteiger partial charge in [-0.1, -0.05) is 0 Å². The molecule has 4 nitrogen and oxygen atoms in total. The van der Waals surface area contributed by atoms with Crippen LogP contribution in [0.1, 0.15) is 5.56 Å². The van der Waals surface area contributed by atoms with E-state index in [1.54, 1.807) is 0 Å². The monoisotopic (exact) mass is 241 g/mol. The summed E-state index contributed by atoms with van der Waals surface area (Å²) in [6, 6.07) is 1.02. The zero-order valence-electron chi connectivity index (χ0n) is 8.61. The Morgan fingerprint density at radius 1 is 1.53 bits per heavy atom. The van der Waals surface area contributed by atoms with Crippen LogP contribution in [0, 0.1) is 11.6 Å². The van der Waals surface area contributed by atoms with Gasteiger partial charge in [0, 0.05) is 18.1 Å². The van der Waals surface area contributed by atoms with Gasteiger partial charge in [-0.3, -0.25) is 4.79 Å². The largest absolute Gasteiger partial charge is 0.480 e. The van der Waals surface area contributed by atoms with Gasteiger partial charge in [-0.05, 0) is 6.07 Å². The summed E-state index contributed by atoms with van der Waals surface area (Å²) in [5.41, 5.74) is 4.99. The number of carbonyl (C=O) groups is 1. The fourth-order valence-electron chi connectivity index (χ4n) is 1.58. The zero-order valence-corrected chi connectivity index (χ0v) is 8.61. The number of nitrogens with two attached hydrogens (primary N) is 1. The minimum Gasteiger partial charge on any atom is -0.480 e.